The molecule has 7 rings (SSSR count). The Morgan fingerprint density at radius 2 is 1.91 bits per heavy atom. The number of likely N-dealkylation sites (N-methyl/N-ethyl adjacent to an activating group) is 1. The molecule has 6 bridgehead atoms. The summed E-state index contributed by atoms with van der Waals surface area (Å²) in [6, 6.07) is 8.51. The Hall–Kier alpha value is -5.13. The van der Waals surface area contributed by atoms with E-state index in [4.69, 9.17) is 24.2 Å². The monoisotopic (exact) mass is 941 g/mol. The number of pyridine rings is 1. The Labute approximate surface area is 400 Å². The standard InChI is InChI=1S/C41H55N7O5S.C9H15NO.CH2O/c1-10-47-33-16-15-26-19-28(33)29(37(47)27-13-11-17-42-35(27)25(4)52-9)21-41(5,6)23-53-40(51)30-14-12-18-48(45-30)39(50)31(20-34-43-32(26)22-54-34)44-38(49)36(24(2)3)46(7)8;1-2-3-5-10-6-4-9(7-10)8-11;1-2/h11,13,15-17,19,22,24-25,30-31,36,45H,10,12,14,18,20-21,23H2,1-9H3,(H,44,49);2-3,8-9H,4-7H2,1H3;1H2/b;3-2+;. The Bertz CT molecular complexity index is 2330. The van der Waals surface area contributed by atoms with E-state index in [0.29, 0.717) is 31.7 Å². The number of hydrogen-bond acceptors (Lipinski definition) is 13. The van der Waals surface area contributed by atoms with E-state index in [2.05, 4.69) is 71.3 Å². The molecule has 0 aliphatic carbocycles. The first-order valence-corrected chi connectivity index (χ1v) is 24.3. The summed E-state index contributed by atoms with van der Waals surface area (Å²) in [6.45, 7) is 20.7. The van der Waals surface area contributed by atoms with Crippen LogP contribution in [0.25, 0.3) is 33.4 Å². The van der Waals surface area contributed by atoms with Crippen LogP contribution >= 0.6 is 11.3 Å². The van der Waals surface area contributed by atoms with E-state index in [-0.39, 0.29) is 36.9 Å². The number of carbonyl (C=O) groups is 5. The molecule has 5 atom stereocenters. The number of allylic oxidation sites excluding steroid dienone is 1. The van der Waals surface area contributed by atoms with Crippen LogP contribution in [0.2, 0.25) is 0 Å². The smallest absolute Gasteiger partial charge is 0.324 e. The number of rotatable bonds is 11. The lowest BCUT2D eigenvalue weighted by Gasteiger charge is -2.36. The summed E-state index contributed by atoms with van der Waals surface area (Å²) in [6.07, 6.45) is 9.86. The SMILES string of the molecule is C/C=C/CN1CCC(C=O)C1.C=O.CCn1c(-c2cccnc2C(C)OC)c2c3cc(ccc31)-c1csc(n1)CC(NC(=O)C(C(C)C)N(C)C)C(=O)N1CCCC(N1)C(=O)OCC(C)(C)C2. The zero-order chi connectivity index (χ0) is 49.0. The number of amides is 2. The molecule has 4 aromatic rings. The number of esters is 1. The number of aldehydes is 1. The third-order valence-corrected chi connectivity index (χ3v) is 13.6. The van der Waals surface area contributed by atoms with Crippen molar-refractivity contribution in [2.45, 2.75) is 111 Å². The van der Waals surface area contributed by atoms with Crippen molar-refractivity contribution < 1.29 is 33.4 Å². The van der Waals surface area contributed by atoms with Crippen LogP contribution in [0.4, 0.5) is 0 Å². The van der Waals surface area contributed by atoms with Gasteiger partial charge in [0.1, 0.15) is 25.2 Å². The van der Waals surface area contributed by atoms with Crippen LogP contribution in [0.5, 0.6) is 0 Å². The minimum atomic E-state index is -0.892. The average molecular weight is 941 g/mol. The van der Waals surface area contributed by atoms with E-state index < -0.39 is 29.5 Å². The van der Waals surface area contributed by atoms with Crippen molar-refractivity contribution in [3.05, 3.63) is 70.3 Å². The third-order valence-electron chi connectivity index (χ3n) is 12.7. The number of aryl methyl sites for hydroxylation is 1. The molecule has 2 saturated heterocycles. The fourth-order valence-corrected chi connectivity index (χ4v) is 10.2. The first-order valence-electron chi connectivity index (χ1n) is 23.5. The van der Waals surface area contributed by atoms with Gasteiger partial charge in [-0.05, 0) is 103 Å². The van der Waals surface area contributed by atoms with Crippen LogP contribution in [0.15, 0.2) is 54.1 Å². The lowest BCUT2D eigenvalue weighted by molar-refractivity contribution is -0.155. The number of thiazole rings is 1. The fourth-order valence-electron chi connectivity index (χ4n) is 9.35. The highest BCUT2D eigenvalue weighted by Crippen LogP contribution is 2.42. The second-order valence-electron chi connectivity index (χ2n) is 18.9. The molecule has 16 heteroatoms. The van der Waals surface area contributed by atoms with Crippen molar-refractivity contribution >= 4 is 53.1 Å². The van der Waals surface area contributed by atoms with Gasteiger partial charge >= 0.3 is 5.97 Å². The van der Waals surface area contributed by atoms with Gasteiger partial charge in [0, 0.05) is 84.6 Å². The van der Waals surface area contributed by atoms with Crippen molar-refractivity contribution in [1.82, 2.24) is 40.1 Å². The van der Waals surface area contributed by atoms with Gasteiger partial charge in [0.15, 0.2) is 0 Å². The summed E-state index contributed by atoms with van der Waals surface area (Å²) in [7, 11) is 5.42. The van der Waals surface area contributed by atoms with E-state index in [1.54, 1.807) is 13.3 Å². The predicted octanol–water partition coefficient (Wildman–Crippen LogP) is 6.69. The van der Waals surface area contributed by atoms with E-state index in [0.717, 1.165) is 88.6 Å². The number of methoxy groups -OCH3 is 1. The summed E-state index contributed by atoms with van der Waals surface area (Å²) in [5, 5.41) is 8.39. The van der Waals surface area contributed by atoms with Crippen LogP contribution < -0.4 is 10.7 Å². The molecule has 6 heterocycles. The van der Waals surface area contributed by atoms with E-state index in [9.17, 15) is 19.2 Å². The molecule has 2 N–H and O–H groups in total. The Balaban J connectivity index is 0.000000562. The molecule has 15 nitrogen and oxygen atoms in total. The van der Waals surface area contributed by atoms with Gasteiger partial charge in [-0.2, -0.15) is 0 Å². The molecule has 364 valence electrons. The lowest BCUT2D eigenvalue weighted by atomic mass is 9.84. The third kappa shape index (κ3) is 12.9. The summed E-state index contributed by atoms with van der Waals surface area (Å²) in [4.78, 5) is 74.0. The molecule has 3 aromatic heterocycles. The number of likely N-dealkylation sites (tertiary alicyclic amines) is 1. The first kappa shape index (κ1) is 52.8. The van der Waals surface area contributed by atoms with Gasteiger partial charge in [-0.15, -0.1) is 11.3 Å². The van der Waals surface area contributed by atoms with Gasteiger partial charge in [0.2, 0.25) is 5.91 Å². The van der Waals surface area contributed by atoms with Gasteiger partial charge in [-0.25, -0.2) is 10.4 Å². The summed E-state index contributed by atoms with van der Waals surface area (Å²) >= 11 is 1.47. The first-order chi connectivity index (χ1) is 32.1. The molecule has 2 amide bonds. The zero-order valence-electron chi connectivity index (χ0n) is 41.2. The number of aromatic nitrogens is 3. The van der Waals surface area contributed by atoms with Crippen LogP contribution in [0.3, 0.4) is 0 Å². The molecular formula is C51H72N8O7S. The number of ether oxygens (including phenoxy) is 2. The molecule has 3 aliphatic rings. The second-order valence-corrected chi connectivity index (χ2v) is 19.9. The number of nitrogens with one attached hydrogen (secondary N) is 2. The Morgan fingerprint density at radius 3 is 2.57 bits per heavy atom. The minimum Gasteiger partial charge on any atom is -0.464 e. The highest BCUT2D eigenvalue weighted by atomic mass is 32.1. The van der Waals surface area contributed by atoms with Crippen LogP contribution in [-0.2, 0) is 52.8 Å². The van der Waals surface area contributed by atoms with Gasteiger partial charge in [-0.1, -0.05) is 45.9 Å². The molecule has 2 fully saturated rings. The van der Waals surface area contributed by atoms with Gasteiger partial charge in [0.25, 0.3) is 5.91 Å². The number of hydrogen-bond donors (Lipinski definition) is 2. The molecule has 0 spiro atoms. The van der Waals surface area contributed by atoms with Crippen molar-refractivity contribution in [3.63, 3.8) is 0 Å². The highest BCUT2D eigenvalue weighted by Gasteiger charge is 2.37. The fraction of sp³-hybridized carbons (Fsp3) is 0.549. The number of nitrogens with zero attached hydrogens (tertiary/aromatic N) is 6. The molecule has 0 radical (unpaired) electrons. The van der Waals surface area contributed by atoms with Crippen LogP contribution in [0, 0.1) is 17.3 Å². The largest absolute Gasteiger partial charge is 0.464 e. The Morgan fingerprint density at radius 1 is 1.15 bits per heavy atom. The topological polar surface area (TPSA) is 168 Å². The van der Waals surface area contributed by atoms with E-state index >= 15 is 0 Å². The quantitative estimate of drug-likeness (QED) is 0.0931. The van der Waals surface area contributed by atoms with Crippen molar-refractivity contribution in [2.24, 2.45) is 17.3 Å². The number of benzene rings is 1. The maximum atomic E-state index is 14.2. The van der Waals surface area contributed by atoms with Crippen molar-refractivity contribution in [1.29, 1.82) is 0 Å². The Kier molecular flexibility index (Phi) is 19.1. The summed E-state index contributed by atoms with van der Waals surface area (Å²) in [5.74, 6) is -0.624. The highest BCUT2D eigenvalue weighted by molar-refractivity contribution is 7.10. The normalized spacial score (nSPS) is 21.0. The van der Waals surface area contributed by atoms with Crippen molar-refractivity contribution in [2.75, 3.05) is 54.0 Å². The van der Waals surface area contributed by atoms with Crippen LogP contribution in [-0.4, -0.2) is 132 Å². The number of carbonyl (C=O) groups excluding carboxylic acids is 5. The minimum absolute atomic E-state index is 0.0216. The van der Waals surface area contributed by atoms with E-state index in [1.165, 1.54) is 16.3 Å². The second kappa shape index (κ2) is 24.2. The molecule has 67 heavy (non-hydrogen) atoms. The lowest BCUT2D eigenvalue weighted by Crippen LogP contribution is -2.61. The molecule has 3 aliphatic heterocycles. The van der Waals surface area contributed by atoms with Crippen molar-refractivity contribution in [3.8, 4) is 22.5 Å². The van der Waals surface area contributed by atoms with Gasteiger partial charge < -0.3 is 28.9 Å². The number of hydrazine groups is 1. The molecule has 5 unspecified atom stereocenters. The number of cyclic esters (lactones) is 1. The van der Waals surface area contributed by atoms with Gasteiger partial charge in [-0.3, -0.25) is 34.2 Å². The molecule has 0 saturated carbocycles. The maximum absolute atomic E-state index is 14.2. The number of fused-ring (bicyclic) bond motifs is 6. The van der Waals surface area contributed by atoms with Gasteiger partial charge in [0.05, 0.1) is 40.8 Å². The summed E-state index contributed by atoms with van der Waals surface area (Å²) < 4.78 is 14.2. The maximum Gasteiger partial charge on any atom is 0.324 e. The molecule has 1 aromatic carbocycles. The van der Waals surface area contributed by atoms with E-state index in [1.807, 2.05) is 71.0 Å². The average Bonchev–Trinajstić information content (AvgIpc) is 4.07. The summed E-state index contributed by atoms with van der Waals surface area (Å²) in [5.41, 5.74) is 9.62. The van der Waals surface area contributed by atoms with Crippen LogP contribution in [0.1, 0.15) is 90.1 Å². The predicted molar refractivity (Wildman–Crippen MR) is 264 cm³/mol. The zero-order valence-corrected chi connectivity index (χ0v) is 42.0. The molecular weight excluding hydrogens is 869 g/mol.